The van der Waals surface area contributed by atoms with E-state index in [1.54, 1.807) is 0 Å². The lowest BCUT2D eigenvalue weighted by molar-refractivity contribution is -0.143. The van der Waals surface area contributed by atoms with Gasteiger partial charge in [-0.2, -0.15) is 0 Å². The Morgan fingerprint density at radius 1 is 1.53 bits per heavy atom. The third-order valence-corrected chi connectivity index (χ3v) is 3.14. The fraction of sp³-hybridized carbons (Fsp3) is 0.909. The SMILES string of the molecule is CCCC(C(=O)O)N(C)CC1CC(O)C1. The molecule has 1 saturated carbocycles. The average Bonchev–Trinajstić information content (AvgIpc) is 2.10. The Kier molecular flexibility index (Phi) is 4.54. The third kappa shape index (κ3) is 3.47. The first kappa shape index (κ1) is 12.5. The van der Waals surface area contributed by atoms with Crippen LogP contribution in [-0.2, 0) is 4.79 Å². The Balaban J connectivity index is 2.35. The smallest absolute Gasteiger partial charge is 0.320 e. The molecule has 1 atom stereocenters. The molecule has 0 aromatic rings. The average molecular weight is 215 g/mol. The van der Waals surface area contributed by atoms with Crippen LogP contribution < -0.4 is 0 Å². The van der Waals surface area contributed by atoms with E-state index in [0.717, 1.165) is 25.8 Å². The molecule has 0 aliphatic heterocycles. The summed E-state index contributed by atoms with van der Waals surface area (Å²) in [4.78, 5) is 12.9. The molecule has 1 aliphatic rings. The maximum absolute atomic E-state index is 11.0. The standard InChI is InChI=1S/C11H21NO3/c1-3-4-10(11(14)15)12(2)7-8-5-9(13)6-8/h8-10,13H,3-7H2,1-2H3,(H,14,15). The Labute approximate surface area is 90.9 Å². The van der Waals surface area contributed by atoms with Crippen LogP contribution in [0, 0.1) is 5.92 Å². The summed E-state index contributed by atoms with van der Waals surface area (Å²) in [6, 6.07) is -0.368. The minimum Gasteiger partial charge on any atom is -0.480 e. The summed E-state index contributed by atoms with van der Waals surface area (Å²) in [5.41, 5.74) is 0. The van der Waals surface area contributed by atoms with Gasteiger partial charge >= 0.3 is 5.97 Å². The highest BCUT2D eigenvalue weighted by Gasteiger charge is 2.31. The van der Waals surface area contributed by atoms with Crippen LogP contribution in [0.25, 0.3) is 0 Å². The molecule has 2 N–H and O–H groups in total. The molecule has 0 saturated heterocycles. The van der Waals surface area contributed by atoms with E-state index >= 15 is 0 Å². The second kappa shape index (κ2) is 5.47. The van der Waals surface area contributed by atoms with E-state index < -0.39 is 5.97 Å². The first-order chi connectivity index (χ1) is 7.04. The van der Waals surface area contributed by atoms with E-state index in [4.69, 9.17) is 10.2 Å². The van der Waals surface area contributed by atoms with Gasteiger partial charge in [-0.1, -0.05) is 13.3 Å². The van der Waals surface area contributed by atoms with Gasteiger partial charge in [-0.15, -0.1) is 0 Å². The molecular weight excluding hydrogens is 194 g/mol. The lowest BCUT2D eigenvalue weighted by atomic mass is 9.82. The number of carboxylic acids is 1. The molecule has 1 unspecified atom stereocenters. The van der Waals surface area contributed by atoms with E-state index in [0.29, 0.717) is 12.3 Å². The first-order valence-electron chi connectivity index (χ1n) is 5.65. The summed E-state index contributed by atoms with van der Waals surface area (Å²) < 4.78 is 0. The number of aliphatic carboxylic acids is 1. The monoisotopic (exact) mass is 215 g/mol. The normalized spacial score (nSPS) is 27.5. The quantitative estimate of drug-likeness (QED) is 0.692. The van der Waals surface area contributed by atoms with E-state index in [-0.39, 0.29) is 12.1 Å². The number of carboxylic acid groups (broad SMARTS) is 1. The van der Waals surface area contributed by atoms with Crippen molar-refractivity contribution in [1.29, 1.82) is 0 Å². The van der Waals surface area contributed by atoms with Gasteiger partial charge in [-0.05, 0) is 32.2 Å². The summed E-state index contributed by atoms with van der Waals surface area (Å²) in [6.07, 6.45) is 3.07. The molecule has 15 heavy (non-hydrogen) atoms. The van der Waals surface area contributed by atoms with E-state index in [9.17, 15) is 4.79 Å². The molecule has 4 heteroatoms. The number of likely N-dealkylation sites (N-methyl/N-ethyl adjacent to an activating group) is 1. The zero-order chi connectivity index (χ0) is 11.4. The van der Waals surface area contributed by atoms with Gasteiger partial charge in [-0.25, -0.2) is 0 Å². The summed E-state index contributed by atoms with van der Waals surface area (Å²) in [7, 11) is 1.86. The lowest BCUT2D eigenvalue weighted by Crippen LogP contribution is -2.44. The number of nitrogens with zero attached hydrogens (tertiary/aromatic N) is 1. The topological polar surface area (TPSA) is 60.8 Å². The summed E-state index contributed by atoms with van der Waals surface area (Å²) in [5.74, 6) is -0.261. The molecular formula is C11H21NO3. The first-order valence-corrected chi connectivity index (χ1v) is 5.65. The van der Waals surface area contributed by atoms with Gasteiger partial charge < -0.3 is 10.2 Å². The van der Waals surface area contributed by atoms with Crippen molar-refractivity contribution < 1.29 is 15.0 Å². The number of aliphatic hydroxyl groups excluding tert-OH is 1. The van der Waals surface area contributed by atoms with E-state index in [2.05, 4.69) is 0 Å². The minimum atomic E-state index is -0.737. The zero-order valence-electron chi connectivity index (χ0n) is 9.52. The number of hydrogen-bond acceptors (Lipinski definition) is 3. The summed E-state index contributed by atoms with van der Waals surface area (Å²) >= 11 is 0. The van der Waals surface area contributed by atoms with Crippen LogP contribution >= 0.6 is 0 Å². The summed E-state index contributed by atoms with van der Waals surface area (Å²) in [5, 5.41) is 18.2. The molecule has 0 bridgehead atoms. The zero-order valence-corrected chi connectivity index (χ0v) is 9.52. The predicted molar refractivity (Wildman–Crippen MR) is 57.7 cm³/mol. The van der Waals surface area contributed by atoms with Gasteiger partial charge in [0.15, 0.2) is 0 Å². The van der Waals surface area contributed by atoms with Crippen molar-refractivity contribution in [3.8, 4) is 0 Å². The van der Waals surface area contributed by atoms with Gasteiger partial charge in [-0.3, -0.25) is 9.69 Å². The number of hydrogen-bond donors (Lipinski definition) is 2. The molecule has 1 fully saturated rings. The third-order valence-electron chi connectivity index (χ3n) is 3.14. The van der Waals surface area contributed by atoms with Crippen molar-refractivity contribution in [1.82, 2.24) is 4.90 Å². The van der Waals surface area contributed by atoms with Crippen LogP contribution in [0.15, 0.2) is 0 Å². The van der Waals surface area contributed by atoms with Crippen molar-refractivity contribution in [3.63, 3.8) is 0 Å². The van der Waals surface area contributed by atoms with E-state index in [1.165, 1.54) is 0 Å². The molecule has 88 valence electrons. The van der Waals surface area contributed by atoms with Crippen LogP contribution in [0.1, 0.15) is 32.6 Å². The van der Waals surface area contributed by atoms with Crippen molar-refractivity contribution in [2.75, 3.05) is 13.6 Å². The molecule has 1 rings (SSSR count). The fourth-order valence-corrected chi connectivity index (χ4v) is 2.19. The minimum absolute atomic E-state index is 0.155. The van der Waals surface area contributed by atoms with Gasteiger partial charge in [0.25, 0.3) is 0 Å². The molecule has 0 amide bonds. The van der Waals surface area contributed by atoms with Crippen molar-refractivity contribution >= 4 is 5.97 Å². The van der Waals surface area contributed by atoms with Crippen LogP contribution in [0.3, 0.4) is 0 Å². The molecule has 0 aromatic carbocycles. The Morgan fingerprint density at radius 2 is 2.13 bits per heavy atom. The number of rotatable bonds is 6. The van der Waals surface area contributed by atoms with Crippen molar-refractivity contribution in [2.24, 2.45) is 5.92 Å². The highest BCUT2D eigenvalue weighted by Crippen LogP contribution is 2.28. The second-order valence-electron chi connectivity index (χ2n) is 4.57. The highest BCUT2D eigenvalue weighted by atomic mass is 16.4. The number of aliphatic hydroxyl groups is 1. The molecule has 1 aliphatic carbocycles. The molecule has 0 spiro atoms. The molecule has 0 aromatic heterocycles. The van der Waals surface area contributed by atoms with Crippen LogP contribution in [-0.4, -0.2) is 46.8 Å². The maximum atomic E-state index is 11.0. The van der Waals surface area contributed by atoms with Gasteiger partial charge in [0.1, 0.15) is 6.04 Å². The Hall–Kier alpha value is -0.610. The number of carbonyl (C=O) groups is 1. The van der Waals surface area contributed by atoms with Crippen molar-refractivity contribution in [3.05, 3.63) is 0 Å². The highest BCUT2D eigenvalue weighted by molar-refractivity contribution is 5.73. The summed E-state index contributed by atoms with van der Waals surface area (Å²) in [6.45, 7) is 2.78. The van der Waals surface area contributed by atoms with Gasteiger partial charge in [0, 0.05) is 6.54 Å². The van der Waals surface area contributed by atoms with Gasteiger partial charge in [0.05, 0.1) is 6.10 Å². The van der Waals surface area contributed by atoms with Gasteiger partial charge in [0.2, 0.25) is 0 Å². The lowest BCUT2D eigenvalue weighted by Gasteiger charge is -2.36. The van der Waals surface area contributed by atoms with Crippen molar-refractivity contribution in [2.45, 2.75) is 44.8 Å². The maximum Gasteiger partial charge on any atom is 0.320 e. The Morgan fingerprint density at radius 3 is 2.53 bits per heavy atom. The second-order valence-corrected chi connectivity index (χ2v) is 4.57. The Bertz CT molecular complexity index is 214. The molecule has 4 nitrogen and oxygen atoms in total. The van der Waals surface area contributed by atoms with Crippen LogP contribution in [0.2, 0.25) is 0 Å². The molecule has 0 heterocycles. The predicted octanol–water partition coefficient (Wildman–Crippen LogP) is 0.942. The van der Waals surface area contributed by atoms with Crippen LogP contribution in [0.4, 0.5) is 0 Å². The van der Waals surface area contributed by atoms with Crippen LogP contribution in [0.5, 0.6) is 0 Å². The largest absolute Gasteiger partial charge is 0.480 e. The van der Waals surface area contributed by atoms with E-state index in [1.807, 2.05) is 18.9 Å². The fourth-order valence-electron chi connectivity index (χ4n) is 2.19. The molecule has 0 radical (unpaired) electrons.